The highest BCUT2D eigenvalue weighted by Crippen LogP contribution is 2.16. The Morgan fingerprint density at radius 3 is 2.93 bits per heavy atom. The van der Waals surface area contributed by atoms with Gasteiger partial charge in [-0.1, -0.05) is 25.1 Å². The van der Waals surface area contributed by atoms with Crippen LogP contribution in [0.4, 0.5) is 0 Å². The molecule has 0 atom stereocenters. The average molecular weight is 203 g/mol. The van der Waals surface area contributed by atoms with Crippen LogP contribution in [0.1, 0.15) is 19.0 Å². The molecule has 0 saturated carbocycles. The Hall–Kier alpha value is -1.35. The molecule has 0 amide bonds. The van der Waals surface area contributed by atoms with Crippen LogP contribution < -0.4 is 5.32 Å². The van der Waals surface area contributed by atoms with E-state index in [1.165, 1.54) is 10.9 Å². The summed E-state index contributed by atoms with van der Waals surface area (Å²) in [7, 11) is 1.99. The van der Waals surface area contributed by atoms with Gasteiger partial charge in [0, 0.05) is 19.0 Å². The molecule has 0 saturated heterocycles. The molecule has 0 aliphatic rings. The van der Waals surface area contributed by atoms with Crippen molar-refractivity contribution in [1.82, 2.24) is 15.1 Å². The third-order valence-electron chi connectivity index (χ3n) is 2.55. The Morgan fingerprint density at radius 1 is 1.33 bits per heavy atom. The SMILES string of the molecule is CCCNCc1nn(C)c2ccccc12. The van der Waals surface area contributed by atoms with E-state index in [9.17, 15) is 0 Å². The standard InChI is InChI=1S/C12H17N3/c1-3-8-13-9-11-10-6-4-5-7-12(10)15(2)14-11/h4-7,13H,3,8-9H2,1-2H3. The van der Waals surface area contributed by atoms with Crippen LogP contribution in [-0.4, -0.2) is 16.3 Å². The first kappa shape index (κ1) is 10.2. The Balaban J connectivity index is 2.27. The summed E-state index contributed by atoms with van der Waals surface area (Å²) in [5.41, 5.74) is 2.34. The van der Waals surface area contributed by atoms with Gasteiger partial charge in [-0.2, -0.15) is 5.10 Å². The number of nitrogens with one attached hydrogen (secondary N) is 1. The normalized spacial score (nSPS) is 11.1. The number of fused-ring (bicyclic) bond motifs is 1. The lowest BCUT2D eigenvalue weighted by Crippen LogP contribution is -2.14. The van der Waals surface area contributed by atoms with Gasteiger partial charge in [0.2, 0.25) is 0 Å². The summed E-state index contributed by atoms with van der Waals surface area (Å²) in [5, 5.41) is 9.15. The van der Waals surface area contributed by atoms with Crippen molar-refractivity contribution in [3.63, 3.8) is 0 Å². The van der Waals surface area contributed by atoms with E-state index < -0.39 is 0 Å². The summed E-state index contributed by atoms with van der Waals surface area (Å²) in [6.07, 6.45) is 1.16. The minimum atomic E-state index is 0.856. The maximum atomic E-state index is 4.52. The molecule has 0 radical (unpaired) electrons. The van der Waals surface area contributed by atoms with E-state index in [4.69, 9.17) is 0 Å². The second kappa shape index (κ2) is 4.45. The molecule has 1 aromatic heterocycles. The summed E-state index contributed by atoms with van der Waals surface area (Å²) in [5.74, 6) is 0. The first-order chi connectivity index (χ1) is 7.33. The van der Waals surface area contributed by atoms with Crippen molar-refractivity contribution in [2.75, 3.05) is 6.54 Å². The molecule has 0 unspecified atom stereocenters. The Kier molecular flexibility index (Phi) is 3.02. The fourth-order valence-corrected chi connectivity index (χ4v) is 1.80. The third kappa shape index (κ3) is 2.02. The molecule has 0 aliphatic carbocycles. The van der Waals surface area contributed by atoms with Gasteiger partial charge in [0.25, 0.3) is 0 Å². The Morgan fingerprint density at radius 2 is 2.13 bits per heavy atom. The van der Waals surface area contributed by atoms with Gasteiger partial charge in [0.15, 0.2) is 0 Å². The second-order valence-corrected chi connectivity index (χ2v) is 3.76. The highest BCUT2D eigenvalue weighted by molar-refractivity contribution is 5.81. The molecule has 3 heteroatoms. The first-order valence-electron chi connectivity index (χ1n) is 5.44. The molecular weight excluding hydrogens is 186 g/mol. The second-order valence-electron chi connectivity index (χ2n) is 3.76. The lowest BCUT2D eigenvalue weighted by molar-refractivity contribution is 0.651. The van der Waals surface area contributed by atoms with E-state index in [0.717, 1.165) is 25.2 Å². The van der Waals surface area contributed by atoms with Gasteiger partial charge in [-0.05, 0) is 19.0 Å². The van der Waals surface area contributed by atoms with E-state index in [1.54, 1.807) is 0 Å². The lowest BCUT2D eigenvalue weighted by Gasteiger charge is -1.99. The molecule has 1 aromatic carbocycles. The van der Waals surface area contributed by atoms with Crippen molar-refractivity contribution in [3.8, 4) is 0 Å². The molecule has 1 N–H and O–H groups in total. The highest BCUT2D eigenvalue weighted by Gasteiger charge is 2.06. The maximum absolute atomic E-state index is 4.52. The van der Waals surface area contributed by atoms with Crippen molar-refractivity contribution >= 4 is 10.9 Å². The minimum Gasteiger partial charge on any atom is -0.311 e. The van der Waals surface area contributed by atoms with Gasteiger partial charge in [-0.3, -0.25) is 4.68 Å². The fraction of sp³-hybridized carbons (Fsp3) is 0.417. The lowest BCUT2D eigenvalue weighted by atomic mass is 10.2. The minimum absolute atomic E-state index is 0.856. The van der Waals surface area contributed by atoms with Crippen LogP contribution in [0.5, 0.6) is 0 Å². The van der Waals surface area contributed by atoms with E-state index in [-0.39, 0.29) is 0 Å². The molecule has 80 valence electrons. The monoisotopic (exact) mass is 203 g/mol. The van der Waals surface area contributed by atoms with Crippen LogP contribution in [-0.2, 0) is 13.6 Å². The largest absolute Gasteiger partial charge is 0.311 e. The molecule has 2 aromatic rings. The average Bonchev–Trinajstić information content (AvgIpc) is 2.58. The van der Waals surface area contributed by atoms with Gasteiger partial charge in [0.05, 0.1) is 11.2 Å². The number of nitrogens with zero attached hydrogens (tertiary/aromatic N) is 2. The van der Waals surface area contributed by atoms with Gasteiger partial charge in [-0.15, -0.1) is 0 Å². The molecule has 0 spiro atoms. The van der Waals surface area contributed by atoms with Crippen LogP contribution in [0.2, 0.25) is 0 Å². The number of aryl methyl sites for hydroxylation is 1. The van der Waals surface area contributed by atoms with Crippen LogP contribution in [0.25, 0.3) is 10.9 Å². The van der Waals surface area contributed by atoms with Crippen molar-refractivity contribution < 1.29 is 0 Å². The van der Waals surface area contributed by atoms with Gasteiger partial charge in [0.1, 0.15) is 0 Å². The Bertz CT molecular complexity index is 445. The molecule has 0 bridgehead atoms. The summed E-state index contributed by atoms with van der Waals surface area (Å²) in [4.78, 5) is 0. The number of para-hydroxylation sites is 1. The van der Waals surface area contributed by atoms with Gasteiger partial charge in [-0.25, -0.2) is 0 Å². The summed E-state index contributed by atoms with van der Waals surface area (Å²) >= 11 is 0. The number of aromatic nitrogens is 2. The number of hydrogen-bond acceptors (Lipinski definition) is 2. The van der Waals surface area contributed by atoms with Crippen LogP contribution in [0, 0.1) is 0 Å². The summed E-state index contributed by atoms with van der Waals surface area (Å²) < 4.78 is 1.94. The molecule has 15 heavy (non-hydrogen) atoms. The fourth-order valence-electron chi connectivity index (χ4n) is 1.80. The van der Waals surface area contributed by atoms with Crippen molar-refractivity contribution in [2.24, 2.45) is 7.05 Å². The molecule has 3 nitrogen and oxygen atoms in total. The number of benzene rings is 1. The third-order valence-corrected chi connectivity index (χ3v) is 2.55. The molecule has 0 aliphatic heterocycles. The van der Waals surface area contributed by atoms with Crippen molar-refractivity contribution in [2.45, 2.75) is 19.9 Å². The van der Waals surface area contributed by atoms with E-state index in [2.05, 4.69) is 35.5 Å². The van der Waals surface area contributed by atoms with Crippen LogP contribution in [0.3, 0.4) is 0 Å². The highest BCUT2D eigenvalue weighted by atomic mass is 15.3. The predicted molar refractivity (Wildman–Crippen MR) is 62.7 cm³/mol. The zero-order valence-electron chi connectivity index (χ0n) is 9.33. The topological polar surface area (TPSA) is 29.9 Å². The number of hydrogen-bond donors (Lipinski definition) is 1. The molecule has 2 rings (SSSR count). The van der Waals surface area contributed by atoms with Crippen LogP contribution >= 0.6 is 0 Å². The maximum Gasteiger partial charge on any atom is 0.0841 e. The van der Waals surface area contributed by atoms with E-state index >= 15 is 0 Å². The zero-order valence-corrected chi connectivity index (χ0v) is 9.33. The van der Waals surface area contributed by atoms with Gasteiger partial charge >= 0.3 is 0 Å². The number of rotatable bonds is 4. The molecule has 1 heterocycles. The molecule has 0 fully saturated rings. The van der Waals surface area contributed by atoms with Gasteiger partial charge < -0.3 is 5.32 Å². The van der Waals surface area contributed by atoms with Crippen molar-refractivity contribution in [1.29, 1.82) is 0 Å². The van der Waals surface area contributed by atoms with E-state index in [1.807, 2.05) is 17.8 Å². The van der Waals surface area contributed by atoms with E-state index in [0.29, 0.717) is 0 Å². The summed E-state index contributed by atoms with van der Waals surface area (Å²) in [6.45, 7) is 4.07. The summed E-state index contributed by atoms with van der Waals surface area (Å²) in [6, 6.07) is 8.34. The first-order valence-corrected chi connectivity index (χ1v) is 5.44. The Labute approximate surface area is 90.1 Å². The predicted octanol–water partition coefficient (Wildman–Crippen LogP) is 2.07. The van der Waals surface area contributed by atoms with Crippen LogP contribution in [0.15, 0.2) is 24.3 Å². The quantitative estimate of drug-likeness (QED) is 0.771. The zero-order chi connectivity index (χ0) is 10.7. The smallest absolute Gasteiger partial charge is 0.0841 e. The van der Waals surface area contributed by atoms with Crippen molar-refractivity contribution in [3.05, 3.63) is 30.0 Å². The molecular formula is C12H17N3.